The Labute approximate surface area is 146 Å². The van der Waals surface area contributed by atoms with Crippen molar-refractivity contribution in [2.75, 3.05) is 0 Å². The molecule has 7 heteroatoms. The van der Waals surface area contributed by atoms with Gasteiger partial charge in [0.15, 0.2) is 0 Å². The molecule has 0 heterocycles. The predicted molar refractivity (Wildman–Crippen MR) is 92.7 cm³/mol. The first-order valence-electron chi connectivity index (χ1n) is 7.82. The molecule has 0 fully saturated rings. The third-order valence-corrected chi connectivity index (χ3v) is 4.57. The Kier molecular flexibility index (Phi) is 6.14. The third kappa shape index (κ3) is 5.51. The lowest BCUT2D eigenvalue weighted by Crippen LogP contribution is -2.21. The lowest BCUT2D eigenvalue weighted by atomic mass is 9.99. The SMILES string of the molecule is CCc1ccc(C(=O)OOP(=O)(O)OC(C)(C)c2ccccc2)cc1. The van der Waals surface area contributed by atoms with Crippen molar-refractivity contribution in [2.24, 2.45) is 0 Å². The Morgan fingerprint density at radius 2 is 1.68 bits per heavy atom. The van der Waals surface area contributed by atoms with Crippen molar-refractivity contribution in [1.82, 2.24) is 0 Å². The fraction of sp³-hybridized carbons (Fsp3) is 0.278. The monoisotopic (exact) mass is 364 g/mol. The van der Waals surface area contributed by atoms with Gasteiger partial charge in [0.05, 0.1) is 11.2 Å². The average Bonchev–Trinajstić information content (AvgIpc) is 2.60. The van der Waals surface area contributed by atoms with Gasteiger partial charge in [0.2, 0.25) is 0 Å². The van der Waals surface area contributed by atoms with Gasteiger partial charge in [0.1, 0.15) is 0 Å². The van der Waals surface area contributed by atoms with E-state index in [1.54, 1.807) is 62.4 Å². The van der Waals surface area contributed by atoms with Crippen LogP contribution in [0.3, 0.4) is 0 Å². The topological polar surface area (TPSA) is 82.1 Å². The van der Waals surface area contributed by atoms with Crippen LogP contribution >= 0.6 is 7.82 Å². The fourth-order valence-electron chi connectivity index (χ4n) is 2.20. The van der Waals surface area contributed by atoms with E-state index in [2.05, 4.69) is 9.56 Å². The summed E-state index contributed by atoms with van der Waals surface area (Å²) in [6, 6.07) is 15.5. The number of rotatable bonds is 7. The Bertz CT molecular complexity index is 755. The van der Waals surface area contributed by atoms with E-state index >= 15 is 0 Å². The molecule has 1 N–H and O–H groups in total. The van der Waals surface area contributed by atoms with E-state index in [9.17, 15) is 14.3 Å². The van der Waals surface area contributed by atoms with Crippen LogP contribution in [-0.2, 0) is 30.7 Å². The van der Waals surface area contributed by atoms with Crippen LogP contribution in [0.15, 0.2) is 54.6 Å². The summed E-state index contributed by atoms with van der Waals surface area (Å²) in [5.74, 6) is -0.877. The van der Waals surface area contributed by atoms with Crippen molar-refractivity contribution in [1.29, 1.82) is 0 Å². The highest BCUT2D eigenvalue weighted by atomic mass is 31.2. The zero-order valence-corrected chi connectivity index (χ0v) is 15.2. The summed E-state index contributed by atoms with van der Waals surface area (Å²) in [5, 5.41) is 0. The van der Waals surface area contributed by atoms with Crippen molar-refractivity contribution in [3.05, 3.63) is 71.3 Å². The van der Waals surface area contributed by atoms with E-state index in [4.69, 9.17) is 4.52 Å². The molecule has 1 unspecified atom stereocenters. The summed E-state index contributed by atoms with van der Waals surface area (Å²) in [7, 11) is -4.61. The second-order valence-electron chi connectivity index (χ2n) is 5.93. The Balaban J connectivity index is 1.98. The molecule has 6 nitrogen and oxygen atoms in total. The summed E-state index contributed by atoms with van der Waals surface area (Å²) in [6.45, 7) is 5.21. The van der Waals surface area contributed by atoms with Gasteiger partial charge >= 0.3 is 13.8 Å². The summed E-state index contributed by atoms with van der Waals surface area (Å²) < 4.78 is 21.6. The summed E-state index contributed by atoms with van der Waals surface area (Å²) >= 11 is 0. The van der Waals surface area contributed by atoms with Crippen molar-refractivity contribution in [2.45, 2.75) is 32.8 Å². The van der Waals surface area contributed by atoms with Crippen LogP contribution in [0.4, 0.5) is 0 Å². The van der Waals surface area contributed by atoms with Crippen LogP contribution < -0.4 is 0 Å². The van der Waals surface area contributed by atoms with E-state index in [1.807, 2.05) is 13.0 Å². The zero-order valence-electron chi connectivity index (χ0n) is 14.3. The summed E-state index contributed by atoms with van der Waals surface area (Å²) in [4.78, 5) is 26.2. The van der Waals surface area contributed by atoms with Gasteiger partial charge in [-0.3, -0.25) is 9.41 Å². The van der Waals surface area contributed by atoms with Crippen LogP contribution in [0.1, 0.15) is 42.3 Å². The molecule has 1 atom stereocenters. The molecule has 0 aliphatic heterocycles. The Morgan fingerprint density at radius 3 is 2.24 bits per heavy atom. The molecule has 2 aromatic carbocycles. The van der Waals surface area contributed by atoms with Crippen molar-refractivity contribution in [3.8, 4) is 0 Å². The van der Waals surface area contributed by atoms with Gasteiger partial charge in [-0.1, -0.05) is 54.1 Å². The number of benzene rings is 2. The predicted octanol–water partition coefficient (Wildman–Crippen LogP) is 4.39. The number of aryl methyl sites for hydroxylation is 1. The number of hydrogen-bond acceptors (Lipinski definition) is 5. The van der Waals surface area contributed by atoms with Crippen LogP contribution in [0, 0.1) is 0 Å². The minimum absolute atomic E-state index is 0.208. The molecule has 0 spiro atoms. The number of carbonyl (C=O) groups is 1. The molecule has 2 rings (SSSR count). The maximum Gasteiger partial charge on any atom is 0.509 e. The van der Waals surface area contributed by atoms with Crippen molar-refractivity contribution < 1.29 is 28.3 Å². The first-order chi connectivity index (χ1) is 11.7. The highest BCUT2D eigenvalue weighted by Gasteiger charge is 2.35. The maximum atomic E-state index is 12.1. The third-order valence-electron chi connectivity index (χ3n) is 3.62. The Morgan fingerprint density at radius 1 is 1.08 bits per heavy atom. The van der Waals surface area contributed by atoms with Gasteiger partial charge in [0, 0.05) is 0 Å². The quantitative estimate of drug-likeness (QED) is 0.446. The highest BCUT2D eigenvalue weighted by Crippen LogP contribution is 2.50. The lowest BCUT2D eigenvalue weighted by molar-refractivity contribution is -0.176. The molecular weight excluding hydrogens is 343 g/mol. The largest absolute Gasteiger partial charge is 0.509 e. The molecule has 0 saturated heterocycles. The highest BCUT2D eigenvalue weighted by molar-refractivity contribution is 7.47. The van der Waals surface area contributed by atoms with E-state index < -0.39 is 19.4 Å². The smallest absolute Gasteiger partial charge is 0.300 e. The molecule has 0 amide bonds. The van der Waals surface area contributed by atoms with Crippen LogP contribution in [0.25, 0.3) is 0 Å². The molecule has 25 heavy (non-hydrogen) atoms. The van der Waals surface area contributed by atoms with Gasteiger partial charge < -0.3 is 4.89 Å². The van der Waals surface area contributed by atoms with Crippen LogP contribution in [0.5, 0.6) is 0 Å². The van der Waals surface area contributed by atoms with Gasteiger partial charge in [-0.2, -0.15) is 0 Å². The number of phosphoric ester groups is 1. The first kappa shape index (κ1) is 19.3. The molecule has 0 aliphatic rings. The van der Waals surface area contributed by atoms with Gasteiger partial charge in [-0.05, 0) is 43.5 Å². The second-order valence-corrected chi connectivity index (χ2v) is 7.20. The van der Waals surface area contributed by atoms with Crippen molar-refractivity contribution in [3.63, 3.8) is 0 Å². The zero-order chi connectivity index (χ0) is 18.5. The molecule has 2 aromatic rings. The van der Waals surface area contributed by atoms with E-state index in [-0.39, 0.29) is 5.56 Å². The van der Waals surface area contributed by atoms with E-state index in [0.717, 1.165) is 12.0 Å². The molecule has 0 bridgehead atoms. The van der Waals surface area contributed by atoms with Gasteiger partial charge in [-0.15, -0.1) is 0 Å². The standard InChI is InChI=1S/C18H21O6P/c1-4-14-10-12-15(13-11-14)17(19)22-24-25(20,21)23-18(2,3)16-8-6-5-7-9-16/h5-13H,4H2,1-3H3,(H,20,21). The Hall–Kier alpha value is -1.98. The molecule has 0 aromatic heterocycles. The number of carbonyl (C=O) groups excluding carboxylic acids is 1. The van der Waals surface area contributed by atoms with Crippen molar-refractivity contribution >= 4 is 13.8 Å². The van der Waals surface area contributed by atoms with E-state index in [1.165, 1.54) is 0 Å². The van der Waals surface area contributed by atoms with Crippen LogP contribution in [0.2, 0.25) is 0 Å². The maximum absolute atomic E-state index is 12.1. The van der Waals surface area contributed by atoms with E-state index in [0.29, 0.717) is 5.56 Å². The summed E-state index contributed by atoms with van der Waals surface area (Å²) in [6.07, 6.45) is 0.833. The number of phosphoric acid groups is 1. The molecule has 0 radical (unpaired) electrons. The molecule has 0 saturated carbocycles. The minimum atomic E-state index is -4.61. The molecule has 0 aliphatic carbocycles. The van der Waals surface area contributed by atoms with Gasteiger partial charge in [-0.25, -0.2) is 9.36 Å². The van der Waals surface area contributed by atoms with Crippen LogP contribution in [-0.4, -0.2) is 10.9 Å². The molecule has 134 valence electrons. The normalized spacial score (nSPS) is 13.9. The second kappa shape index (κ2) is 7.93. The number of hydrogen-bond donors (Lipinski definition) is 1. The lowest BCUT2D eigenvalue weighted by Gasteiger charge is -2.26. The van der Waals surface area contributed by atoms with Gasteiger partial charge in [0.25, 0.3) is 0 Å². The average molecular weight is 364 g/mol. The first-order valence-corrected chi connectivity index (χ1v) is 9.31. The minimum Gasteiger partial charge on any atom is -0.300 e. The summed E-state index contributed by atoms with van der Waals surface area (Å²) in [5.41, 5.74) is 0.827. The molecular formula is C18H21O6P. The fourth-order valence-corrected chi connectivity index (χ4v) is 3.08.